The predicted molar refractivity (Wildman–Crippen MR) is 431 cm³/mol. The molecule has 3 unspecified atom stereocenters. The van der Waals surface area contributed by atoms with Crippen LogP contribution in [0.3, 0.4) is 0 Å². The normalized spacial score (nSPS) is 14.3. The molecule has 4 heterocycles. The van der Waals surface area contributed by atoms with Gasteiger partial charge >= 0.3 is 0 Å². The molecule has 4 rings (SSSR count). The molecule has 95 heavy (non-hydrogen) atoms. The highest BCUT2D eigenvalue weighted by molar-refractivity contribution is 7.18. The summed E-state index contributed by atoms with van der Waals surface area (Å²) in [5.74, 6) is 1.68. The molecule has 0 bridgehead atoms. The highest BCUT2D eigenvalue weighted by Gasteiger charge is 2.31. The van der Waals surface area contributed by atoms with Gasteiger partial charge in [-0.3, -0.25) is 4.79 Å². The number of nitrogens with zero attached hydrogens (tertiary/aromatic N) is 2. The van der Waals surface area contributed by atoms with Crippen LogP contribution in [0.1, 0.15) is 363 Å². The second-order valence-corrected chi connectivity index (χ2v) is 33.5. The van der Waals surface area contributed by atoms with Crippen molar-refractivity contribution in [1.82, 2.24) is 9.13 Å². The van der Waals surface area contributed by atoms with Gasteiger partial charge in [0.2, 0.25) is 0 Å². The number of rotatable bonds is 53. The summed E-state index contributed by atoms with van der Waals surface area (Å²) in [5.41, 5.74) is 12.3. The Hall–Kier alpha value is -3.93. The monoisotopic (exact) mass is 1340 g/mol. The van der Waals surface area contributed by atoms with Crippen LogP contribution in [-0.4, -0.2) is 15.4 Å². The molecule has 4 aromatic rings. The average Bonchev–Trinajstić information content (AvgIpc) is 1.60. The minimum absolute atomic E-state index is 0.0764. The summed E-state index contributed by atoms with van der Waals surface area (Å²) in [6.07, 6.45) is 54.4. The Balaban J connectivity index is 1.96. The maximum atomic E-state index is 14.4. The summed E-state index contributed by atoms with van der Waals surface area (Å²) in [5, 5.41) is 2.39. The van der Waals surface area contributed by atoms with E-state index in [0.717, 1.165) is 54.4 Å². The fraction of sp³-hybridized carbons (Fsp3) is 0.678. The predicted octanol–water partition coefficient (Wildman–Crippen LogP) is 28.6. The molecule has 0 spiro atoms. The van der Waals surface area contributed by atoms with Gasteiger partial charge in [-0.2, -0.15) is 0 Å². The Labute approximate surface area is 595 Å². The standard InChI is InChI=1S/C90H146N2OS2/c1-21-26-30-34-38-41-44-48-52-56-77(71(12)58-59-72(13)89(16,17)69(8)9)76(25-5)79(67-93)78(57-53-49-45-42-39-35-31-27-22-2)80-60-61-81(91(80)20)83-62-63-84(94-83)88-86(68(6)7)87(73(14)82-64-65-85(95-82)90(18,19)70(10)11)74(15)92(88)66-75(54-50-46-37-33-29-24-4)55-51-47-43-40-36-32-28-23-3/h25,58-65,67,69-70,75-77H,5-6,15,21-24,26-57,66H2,1-4,7-14,16-20H3/b71-58+,72-59+,79-78-,87-73+. The topological polar surface area (TPSA) is 26.9 Å². The van der Waals surface area contributed by atoms with E-state index < -0.39 is 0 Å². The van der Waals surface area contributed by atoms with E-state index in [-0.39, 0.29) is 22.7 Å². The van der Waals surface area contributed by atoms with Gasteiger partial charge in [-0.1, -0.05) is 325 Å². The van der Waals surface area contributed by atoms with Gasteiger partial charge in [0.15, 0.2) is 0 Å². The number of aldehydes is 1. The third-order valence-electron chi connectivity index (χ3n) is 22.9. The molecule has 0 radical (unpaired) electrons. The summed E-state index contributed by atoms with van der Waals surface area (Å²) < 4.78 is 5.11. The van der Waals surface area contributed by atoms with Gasteiger partial charge in [0.05, 0.1) is 21.1 Å². The van der Waals surface area contributed by atoms with Crippen LogP contribution in [0.25, 0.3) is 44.4 Å². The van der Waals surface area contributed by atoms with E-state index in [4.69, 9.17) is 13.2 Å². The molecule has 0 saturated carbocycles. The van der Waals surface area contributed by atoms with Crippen LogP contribution < -0.4 is 10.6 Å². The van der Waals surface area contributed by atoms with Crippen molar-refractivity contribution in [2.45, 2.75) is 354 Å². The van der Waals surface area contributed by atoms with Gasteiger partial charge in [-0.15, -0.1) is 29.3 Å². The zero-order chi connectivity index (χ0) is 69.9. The Bertz CT molecular complexity index is 3050. The zero-order valence-corrected chi connectivity index (χ0v) is 66.7. The van der Waals surface area contributed by atoms with Crippen LogP contribution in [0.2, 0.25) is 0 Å². The van der Waals surface area contributed by atoms with Crippen LogP contribution in [0.15, 0.2) is 84.5 Å². The van der Waals surface area contributed by atoms with Gasteiger partial charge in [0, 0.05) is 62.1 Å². The molecule has 0 aromatic carbocycles. The number of carbonyl (C=O) groups excluding carboxylic acids is 1. The van der Waals surface area contributed by atoms with Gasteiger partial charge in [0.1, 0.15) is 6.29 Å². The van der Waals surface area contributed by atoms with E-state index in [1.54, 1.807) is 0 Å². The molecule has 0 amide bonds. The molecule has 0 aliphatic rings. The lowest BCUT2D eigenvalue weighted by Gasteiger charge is -2.31. The molecule has 0 aliphatic heterocycles. The van der Waals surface area contributed by atoms with Gasteiger partial charge < -0.3 is 9.13 Å². The summed E-state index contributed by atoms with van der Waals surface area (Å²) >= 11 is 3.89. The Morgan fingerprint density at radius 3 is 1.51 bits per heavy atom. The van der Waals surface area contributed by atoms with Crippen molar-refractivity contribution >= 4 is 52.3 Å². The van der Waals surface area contributed by atoms with Crippen molar-refractivity contribution in [2.24, 2.45) is 42.1 Å². The lowest BCUT2D eigenvalue weighted by molar-refractivity contribution is -0.105. The molecule has 0 saturated heterocycles. The van der Waals surface area contributed by atoms with Crippen molar-refractivity contribution in [1.29, 1.82) is 0 Å². The lowest BCUT2D eigenvalue weighted by atomic mass is 9.74. The van der Waals surface area contributed by atoms with Crippen molar-refractivity contribution in [2.75, 3.05) is 0 Å². The number of allylic oxidation sites excluding steroid dienone is 8. The molecule has 0 aliphatic carbocycles. The van der Waals surface area contributed by atoms with Crippen LogP contribution in [0, 0.1) is 35.0 Å². The molecule has 534 valence electrons. The minimum Gasteiger partial charge on any atom is -0.343 e. The molecule has 3 nitrogen and oxygen atoms in total. The molecule has 5 heteroatoms. The number of unbranched alkanes of at least 4 members (excludes halogenated alkanes) is 28. The molecule has 4 aromatic heterocycles. The maximum Gasteiger partial charge on any atom is 0.146 e. The molecule has 3 atom stereocenters. The van der Waals surface area contributed by atoms with Crippen molar-refractivity contribution in [3.05, 3.63) is 116 Å². The van der Waals surface area contributed by atoms with Gasteiger partial charge in [0.25, 0.3) is 0 Å². The third kappa shape index (κ3) is 26.0. The number of aromatic nitrogens is 2. The van der Waals surface area contributed by atoms with Gasteiger partial charge in [-0.25, -0.2) is 0 Å². The highest BCUT2D eigenvalue weighted by Crippen LogP contribution is 2.44. The van der Waals surface area contributed by atoms with Gasteiger partial charge in [-0.05, 0) is 142 Å². The fourth-order valence-electron chi connectivity index (χ4n) is 14.6. The first-order valence-corrected chi connectivity index (χ1v) is 41.3. The van der Waals surface area contributed by atoms with E-state index in [9.17, 15) is 4.79 Å². The van der Waals surface area contributed by atoms with Crippen LogP contribution in [-0.2, 0) is 23.8 Å². The number of hydrogen-bond acceptors (Lipinski definition) is 3. The average molecular weight is 1340 g/mol. The van der Waals surface area contributed by atoms with E-state index in [2.05, 4.69) is 188 Å². The van der Waals surface area contributed by atoms with Crippen molar-refractivity contribution in [3.63, 3.8) is 0 Å². The van der Waals surface area contributed by atoms with Crippen LogP contribution in [0.5, 0.6) is 0 Å². The van der Waals surface area contributed by atoms with E-state index in [1.165, 1.54) is 276 Å². The molecule has 0 fully saturated rings. The number of hydrogen-bond donors (Lipinski definition) is 0. The molecule has 0 N–H and O–H groups in total. The van der Waals surface area contributed by atoms with Crippen molar-refractivity contribution in [3.8, 4) is 21.1 Å². The molecular formula is C90H146N2OS2. The first kappa shape index (κ1) is 83.5. The fourth-order valence-corrected chi connectivity index (χ4v) is 17.0. The largest absolute Gasteiger partial charge is 0.343 e. The Kier molecular flexibility index (Phi) is 39.5. The van der Waals surface area contributed by atoms with Crippen LogP contribution in [0.4, 0.5) is 0 Å². The Morgan fingerprint density at radius 1 is 0.568 bits per heavy atom. The zero-order valence-electron chi connectivity index (χ0n) is 65.1. The maximum absolute atomic E-state index is 14.4. The van der Waals surface area contributed by atoms with Crippen molar-refractivity contribution < 1.29 is 4.79 Å². The molecular weight excluding hydrogens is 1190 g/mol. The summed E-state index contributed by atoms with van der Waals surface area (Å²) in [6, 6.07) is 14.3. The number of carbonyl (C=O) groups is 1. The second kappa shape index (κ2) is 45.0. The first-order chi connectivity index (χ1) is 45.6. The highest BCUT2D eigenvalue weighted by atomic mass is 32.1. The first-order valence-electron chi connectivity index (χ1n) is 39.7. The smallest absolute Gasteiger partial charge is 0.146 e. The Morgan fingerprint density at radius 2 is 1.04 bits per heavy atom. The second-order valence-electron chi connectivity index (χ2n) is 31.4. The van der Waals surface area contributed by atoms with E-state index in [1.807, 2.05) is 22.7 Å². The quantitative estimate of drug-likeness (QED) is 0.0142. The summed E-state index contributed by atoms with van der Waals surface area (Å²) in [4.78, 5) is 19.7. The van der Waals surface area contributed by atoms with E-state index in [0.29, 0.717) is 17.8 Å². The lowest BCUT2D eigenvalue weighted by Crippen LogP contribution is -2.32. The minimum atomic E-state index is -0.104. The van der Waals surface area contributed by atoms with E-state index >= 15 is 0 Å². The third-order valence-corrected chi connectivity index (χ3v) is 25.6. The SMILES string of the molecule is C=CC(/C(C=O)=C(/CCCCCCCCCCC)c1ccc(-c2ccc(-c3c(C(=C)C)/c(=C(\C)c4ccc(C(C)(C)C(C)C)s4)c(=C)n3CC(CCCCCCCC)CCCCCCCCCC)s2)n1C)C(CCCCCCCCCCC)/C(C)=C/C=C(\C)C(C)(C)C(C)C. The van der Waals surface area contributed by atoms with Crippen LogP contribution >= 0.6 is 22.7 Å². The summed E-state index contributed by atoms with van der Waals surface area (Å²) in [6.45, 7) is 53.0. The number of thiophene rings is 2. The summed E-state index contributed by atoms with van der Waals surface area (Å²) in [7, 11) is 2.26.